The van der Waals surface area contributed by atoms with E-state index in [0.717, 1.165) is 0 Å². The van der Waals surface area contributed by atoms with Gasteiger partial charge in [-0.05, 0) is 0 Å². The van der Waals surface area contributed by atoms with Crippen molar-refractivity contribution in [1.29, 1.82) is 0 Å². The van der Waals surface area contributed by atoms with Crippen LogP contribution in [0.4, 0.5) is 0 Å². The molecule has 0 aromatic rings. The first-order valence-electron chi connectivity index (χ1n) is 7.51. The Hall–Kier alpha value is -2.42. The van der Waals surface area contributed by atoms with Crippen molar-refractivity contribution in [3.05, 3.63) is 0 Å². The van der Waals surface area contributed by atoms with E-state index in [4.69, 9.17) is 21.1 Å². The lowest BCUT2D eigenvalue weighted by atomic mass is 10.1. The van der Waals surface area contributed by atoms with Gasteiger partial charge >= 0.3 is 11.9 Å². The molecule has 27 heavy (non-hydrogen) atoms. The van der Waals surface area contributed by atoms with Crippen molar-refractivity contribution in [2.24, 2.45) is 5.73 Å². The van der Waals surface area contributed by atoms with E-state index in [9.17, 15) is 29.1 Å². The van der Waals surface area contributed by atoms with Gasteiger partial charge in [0.25, 0.3) is 0 Å². The van der Waals surface area contributed by atoms with Crippen molar-refractivity contribution < 1.29 is 44.4 Å². The number of aliphatic carboxylic acids is 2. The van der Waals surface area contributed by atoms with Gasteiger partial charge in [0.2, 0.25) is 17.7 Å². The Morgan fingerprint density at radius 1 is 0.815 bits per heavy atom. The fourth-order valence-electron chi connectivity index (χ4n) is 1.67. The van der Waals surface area contributed by atoms with Crippen LogP contribution in [0.25, 0.3) is 0 Å². The Bertz CT molecular complexity index is 574. The zero-order chi connectivity index (χ0) is 21.1. The van der Waals surface area contributed by atoms with Crippen molar-refractivity contribution in [3.63, 3.8) is 0 Å². The third kappa shape index (κ3) is 8.67. The monoisotopic (exact) mass is 410 g/mol. The minimum absolute atomic E-state index is 0.260. The Morgan fingerprint density at radius 2 is 1.30 bits per heavy atom. The lowest BCUT2D eigenvalue weighted by molar-refractivity contribution is -0.143. The number of amides is 3. The number of hydrogen-bond donors (Lipinski definition) is 9. The van der Waals surface area contributed by atoms with Gasteiger partial charge in [0.15, 0.2) is 0 Å². The normalized spacial score (nSPS) is 15.0. The van der Waals surface area contributed by atoms with Gasteiger partial charge in [-0.3, -0.25) is 19.2 Å². The van der Waals surface area contributed by atoms with Crippen molar-refractivity contribution in [2.45, 2.75) is 30.6 Å². The Morgan fingerprint density at radius 3 is 1.70 bits per heavy atom. The van der Waals surface area contributed by atoms with Crippen molar-refractivity contribution in [1.82, 2.24) is 16.0 Å². The van der Waals surface area contributed by atoms with Crippen LogP contribution in [0.2, 0.25) is 0 Å². The molecule has 4 atom stereocenters. The number of nitrogens with one attached hydrogen (secondary N) is 3. The van der Waals surface area contributed by atoms with Gasteiger partial charge in [-0.15, -0.1) is 0 Å². The molecule has 0 bridgehead atoms. The molecule has 0 saturated carbocycles. The zero-order valence-corrected chi connectivity index (χ0v) is 14.9. The summed E-state index contributed by atoms with van der Waals surface area (Å²) in [6.07, 6.45) is -0.871. The maximum atomic E-state index is 12.2. The number of aliphatic hydroxyl groups is 2. The van der Waals surface area contributed by atoms with Crippen LogP contribution in [0.5, 0.6) is 0 Å². The molecule has 0 aliphatic carbocycles. The molecule has 4 unspecified atom stereocenters. The predicted octanol–water partition coefficient (Wildman–Crippen LogP) is -4.76. The maximum absolute atomic E-state index is 12.2. The molecule has 0 spiro atoms. The van der Waals surface area contributed by atoms with Crippen molar-refractivity contribution >= 4 is 42.3 Å². The van der Waals surface area contributed by atoms with E-state index in [2.05, 4.69) is 12.6 Å². The van der Waals surface area contributed by atoms with Gasteiger partial charge in [-0.25, -0.2) is 4.79 Å². The van der Waals surface area contributed by atoms with Gasteiger partial charge in [-0.1, -0.05) is 0 Å². The summed E-state index contributed by atoms with van der Waals surface area (Å²) < 4.78 is 0. The molecule has 13 nitrogen and oxygen atoms in total. The number of carboxylic acids is 2. The highest BCUT2D eigenvalue weighted by molar-refractivity contribution is 7.80. The number of carbonyl (C=O) groups excluding carboxylic acids is 3. The third-order valence-electron chi connectivity index (χ3n) is 3.16. The molecule has 0 saturated heterocycles. The number of carboxylic acid groups (broad SMARTS) is 2. The highest BCUT2D eigenvalue weighted by atomic mass is 32.1. The first-order chi connectivity index (χ1) is 12.6. The van der Waals surface area contributed by atoms with Gasteiger partial charge in [-0.2, -0.15) is 12.6 Å². The molecule has 0 aliphatic rings. The molecular weight excluding hydrogens is 388 g/mol. The van der Waals surface area contributed by atoms with Crippen LogP contribution in [0.3, 0.4) is 0 Å². The Balaban J connectivity index is 5.13. The highest BCUT2D eigenvalue weighted by Gasteiger charge is 2.30. The topological polar surface area (TPSA) is 228 Å². The molecular formula is C13H22N4O9S. The van der Waals surface area contributed by atoms with Crippen LogP contribution in [0.1, 0.15) is 6.42 Å². The van der Waals surface area contributed by atoms with Crippen LogP contribution in [0.15, 0.2) is 0 Å². The lowest BCUT2D eigenvalue weighted by Crippen LogP contribution is -2.58. The quantitative estimate of drug-likeness (QED) is 0.139. The fourth-order valence-corrected chi connectivity index (χ4v) is 1.92. The van der Waals surface area contributed by atoms with Gasteiger partial charge < -0.3 is 42.1 Å². The van der Waals surface area contributed by atoms with Crippen LogP contribution in [0, 0.1) is 0 Å². The summed E-state index contributed by atoms with van der Waals surface area (Å²) in [5.41, 5.74) is 5.26. The second-order valence-corrected chi connectivity index (χ2v) is 5.64. The summed E-state index contributed by atoms with van der Waals surface area (Å²) in [4.78, 5) is 57.5. The second-order valence-electron chi connectivity index (χ2n) is 5.27. The van der Waals surface area contributed by atoms with E-state index in [1.807, 2.05) is 16.0 Å². The van der Waals surface area contributed by atoms with Crippen LogP contribution in [-0.4, -0.2) is 93.2 Å². The molecule has 154 valence electrons. The average molecular weight is 410 g/mol. The summed E-state index contributed by atoms with van der Waals surface area (Å²) >= 11 is 3.74. The highest BCUT2D eigenvalue weighted by Crippen LogP contribution is 1.98. The minimum Gasteiger partial charge on any atom is -0.481 e. The number of hydrogen-bond acceptors (Lipinski definition) is 9. The number of carbonyl (C=O) groups is 5. The Labute approximate surface area is 158 Å². The molecule has 9 N–H and O–H groups in total. The van der Waals surface area contributed by atoms with Crippen LogP contribution < -0.4 is 21.7 Å². The summed E-state index contributed by atoms with van der Waals surface area (Å²) in [5, 5.41) is 41.8. The van der Waals surface area contributed by atoms with E-state index in [1.165, 1.54) is 0 Å². The lowest BCUT2D eigenvalue weighted by Gasteiger charge is -2.23. The molecule has 0 aliphatic heterocycles. The summed E-state index contributed by atoms with van der Waals surface area (Å²) in [6, 6.07) is -6.06. The predicted molar refractivity (Wildman–Crippen MR) is 91.7 cm³/mol. The standard InChI is InChI=1S/C13H22N4O9S/c14-5(2-18)10(22)15-6(1-9(20)21)11(23)16-7(3-19)12(24)17-8(4-27)13(25)26/h5-8,18-19,27H,1-4,14H2,(H,15,22)(H,16,23)(H,17,24)(H,20,21)(H,25,26). The molecule has 0 aromatic heterocycles. The third-order valence-corrected chi connectivity index (χ3v) is 3.52. The van der Waals surface area contributed by atoms with E-state index in [0.29, 0.717) is 0 Å². The van der Waals surface area contributed by atoms with Gasteiger partial charge in [0, 0.05) is 5.75 Å². The smallest absolute Gasteiger partial charge is 0.327 e. The molecule has 0 rings (SSSR count). The molecule has 0 heterocycles. The average Bonchev–Trinajstić information content (AvgIpc) is 2.61. The number of rotatable bonds is 12. The largest absolute Gasteiger partial charge is 0.481 e. The zero-order valence-electron chi connectivity index (χ0n) is 14.0. The van der Waals surface area contributed by atoms with Crippen molar-refractivity contribution in [3.8, 4) is 0 Å². The molecule has 0 radical (unpaired) electrons. The first kappa shape index (κ1) is 24.6. The van der Waals surface area contributed by atoms with E-state index < -0.39 is 73.5 Å². The molecule has 0 aromatic carbocycles. The Kier molecular flexibility index (Phi) is 11.0. The van der Waals surface area contributed by atoms with Crippen molar-refractivity contribution in [2.75, 3.05) is 19.0 Å². The van der Waals surface area contributed by atoms with E-state index in [1.54, 1.807) is 0 Å². The molecule has 3 amide bonds. The van der Waals surface area contributed by atoms with E-state index in [-0.39, 0.29) is 5.75 Å². The second kappa shape index (κ2) is 12.1. The summed E-state index contributed by atoms with van der Waals surface area (Å²) in [5.74, 6) is -6.31. The molecule has 14 heteroatoms. The summed E-state index contributed by atoms with van der Waals surface area (Å²) in [7, 11) is 0. The SMILES string of the molecule is NC(CO)C(=O)NC(CC(=O)O)C(=O)NC(CO)C(=O)NC(CS)C(=O)O. The van der Waals surface area contributed by atoms with E-state index >= 15 is 0 Å². The maximum Gasteiger partial charge on any atom is 0.327 e. The van der Waals surface area contributed by atoms with Crippen LogP contribution >= 0.6 is 12.6 Å². The van der Waals surface area contributed by atoms with Gasteiger partial charge in [0.1, 0.15) is 24.2 Å². The number of aliphatic hydroxyl groups excluding tert-OH is 2. The summed E-state index contributed by atoms with van der Waals surface area (Å²) in [6.45, 7) is -1.68. The number of thiol groups is 1. The molecule has 0 fully saturated rings. The number of nitrogens with two attached hydrogens (primary N) is 1. The fraction of sp³-hybridized carbons (Fsp3) is 0.615. The van der Waals surface area contributed by atoms with Gasteiger partial charge in [0.05, 0.1) is 19.6 Å². The first-order valence-corrected chi connectivity index (χ1v) is 8.14. The van der Waals surface area contributed by atoms with Crippen LogP contribution in [-0.2, 0) is 24.0 Å². The minimum atomic E-state index is -1.66.